The Hall–Kier alpha value is -4.08. The Morgan fingerprint density at radius 2 is 1.81 bits per heavy atom. The molecule has 31 heavy (non-hydrogen) atoms. The zero-order valence-electron chi connectivity index (χ0n) is 17.4. The van der Waals surface area contributed by atoms with E-state index in [-0.39, 0.29) is 25.0 Å². The van der Waals surface area contributed by atoms with Gasteiger partial charge in [-0.1, -0.05) is 0 Å². The van der Waals surface area contributed by atoms with Crippen LogP contribution in [0.15, 0.2) is 42.5 Å². The molecule has 2 amide bonds. The van der Waals surface area contributed by atoms with Gasteiger partial charge in [0.15, 0.2) is 23.9 Å². The molecule has 1 aromatic heterocycles. The zero-order chi connectivity index (χ0) is 22.2. The highest BCUT2D eigenvalue weighted by Gasteiger charge is 2.13. The number of methoxy groups -OCH3 is 2. The van der Waals surface area contributed by atoms with Gasteiger partial charge in [-0.05, 0) is 42.5 Å². The number of carbonyl (C=O) groups excluding carboxylic acids is 2. The van der Waals surface area contributed by atoms with Crippen molar-refractivity contribution in [3.8, 4) is 28.6 Å². The highest BCUT2D eigenvalue weighted by molar-refractivity contribution is 5.94. The molecule has 0 saturated heterocycles. The maximum absolute atomic E-state index is 12.5. The predicted octanol–water partition coefficient (Wildman–Crippen LogP) is 1.54. The number of nitrogens with zero attached hydrogens (tertiary/aromatic N) is 2. The Kier molecular flexibility index (Phi) is 7.05. The van der Waals surface area contributed by atoms with Crippen LogP contribution in [0.5, 0.6) is 17.2 Å². The van der Waals surface area contributed by atoms with Crippen molar-refractivity contribution in [1.82, 2.24) is 25.8 Å². The minimum atomic E-state index is -0.321. The van der Waals surface area contributed by atoms with Crippen molar-refractivity contribution in [3.05, 3.63) is 53.9 Å². The molecule has 0 spiro atoms. The summed E-state index contributed by atoms with van der Waals surface area (Å²) in [5.74, 6) is 1.89. The molecule has 0 bridgehead atoms. The lowest BCUT2D eigenvalue weighted by atomic mass is 10.2. The molecular weight excluding hydrogens is 402 g/mol. The van der Waals surface area contributed by atoms with E-state index < -0.39 is 0 Å². The summed E-state index contributed by atoms with van der Waals surface area (Å²) < 4.78 is 15.8. The number of nitrogens with one attached hydrogen (secondary N) is 3. The van der Waals surface area contributed by atoms with Crippen LogP contribution in [0, 0.1) is 0 Å². The first-order valence-electron chi connectivity index (χ1n) is 9.39. The molecule has 0 unspecified atom stereocenters. The van der Waals surface area contributed by atoms with Crippen molar-refractivity contribution in [2.24, 2.45) is 0 Å². The van der Waals surface area contributed by atoms with Gasteiger partial charge in [0.1, 0.15) is 11.6 Å². The van der Waals surface area contributed by atoms with Crippen LogP contribution >= 0.6 is 0 Å². The standard InChI is InChI=1S/C21H23N5O5/c1-22-19(27)12-31-16-9-6-14(10-17(16)30-3)21(28)23-11-18-24-20(26-25-18)13-4-7-15(29-2)8-5-13/h4-10H,11-12H2,1-3H3,(H,22,27)(H,23,28)(H,24,25,26). The predicted molar refractivity (Wildman–Crippen MR) is 112 cm³/mol. The van der Waals surface area contributed by atoms with E-state index in [0.29, 0.717) is 28.7 Å². The van der Waals surface area contributed by atoms with Crippen LogP contribution in [-0.4, -0.2) is 54.9 Å². The second-order valence-electron chi connectivity index (χ2n) is 6.34. The van der Waals surface area contributed by atoms with Crippen molar-refractivity contribution < 1.29 is 23.8 Å². The van der Waals surface area contributed by atoms with Gasteiger partial charge in [0.2, 0.25) is 0 Å². The number of benzene rings is 2. The van der Waals surface area contributed by atoms with Crippen LogP contribution in [0.3, 0.4) is 0 Å². The third-order valence-electron chi connectivity index (χ3n) is 4.36. The van der Waals surface area contributed by atoms with Gasteiger partial charge in [-0.3, -0.25) is 14.7 Å². The number of carbonyl (C=O) groups is 2. The minimum Gasteiger partial charge on any atom is -0.497 e. The second-order valence-corrected chi connectivity index (χ2v) is 6.34. The molecule has 0 radical (unpaired) electrons. The number of hydrogen-bond donors (Lipinski definition) is 3. The number of hydrogen-bond acceptors (Lipinski definition) is 7. The summed E-state index contributed by atoms with van der Waals surface area (Å²) in [7, 11) is 4.58. The minimum absolute atomic E-state index is 0.152. The second kappa shape index (κ2) is 10.1. The molecule has 0 aliphatic heterocycles. The van der Waals surface area contributed by atoms with Crippen molar-refractivity contribution in [3.63, 3.8) is 0 Å². The van der Waals surface area contributed by atoms with Crippen LogP contribution in [0.2, 0.25) is 0 Å². The Balaban J connectivity index is 1.61. The average Bonchev–Trinajstić information content (AvgIpc) is 3.29. The van der Waals surface area contributed by atoms with Gasteiger partial charge in [0.25, 0.3) is 11.8 Å². The normalized spacial score (nSPS) is 10.3. The lowest BCUT2D eigenvalue weighted by Gasteiger charge is -2.11. The molecule has 0 saturated carbocycles. The van der Waals surface area contributed by atoms with E-state index in [4.69, 9.17) is 14.2 Å². The molecule has 1 heterocycles. The fraction of sp³-hybridized carbons (Fsp3) is 0.238. The number of amides is 2. The van der Waals surface area contributed by atoms with Crippen molar-refractivity contribution >= 4 is 11.8 Å². The molecule has 0 aliphatic rings. The smallest absolute Gasteiger partial charge is 0.257 e. The van der Waals surface area contributed by atoms with E-state index in [1.54, 1.807) is 19.2 Å². The molecule has 162 valence electrons. The van der Waals surface area contributed by atoms with Crippen LogP contribution in [-0.2, 0) is 11.3 Å². The maximum atomic E-state index is 12.5. The summed E-state index contributed by atoms with van der Waals surface area (Å²) in [6.45, 7) is 0.0135. The van der Waals surface area contributed by atoms with E-state index >= 15 is 0 Å². The van der Waals surface area contributed by atoms with Crippen LogP contribution in [0.25, 0.3) is 11.4 Å². The molecule has 3 N–H and O–H groups in total. The van der Waals surface area contributed by atoms with Gasteiger partial charge in [-0.2, -0.15) is 5.10 Å². The van der Waals surface area contributed by atoms with Crippen LogP contribution < -0.4 is 24.8 Å². The zero-order valence-corrected chi connectivity index (χ0v) is 17.4. The summed E-state index contributed by atoms with van der Waals surface area (Å²) >= 11 is 0. The van der Waals surface area contributed by atoms with Crippen molar-refractivity contribution in [2.75, 3.05) is 27.9 Å². The van der Waals surface area contributed by atoms with Gasteiger partial charge in [0.05, 0.1) is 20.8 Å². The third-order valence-corrected chi connectivity index (χ3v) is 4.36. The molecular formula is C21H23N5O5. The molecule has 10 nitrogen and oxygen atoms in total. The lowest BCUT2D eigenvalue weighted by molar-refractivity contribution is -0.122. The third kappa shape index (κ3) is 5.50. The fourth-order valence-electron chi connectivity index (χ4n) is 2.65. The van der Waals surface area contributed by atoms with Crippen LogP contribution in [0.4, 0.5) is 0 Å². The molecule has 0 fully saturated rings. The molecule has 0 atom stereocenters. The molecule has 0 aliphatic carbocycles. The van der Waals surface area contributed by atoms with Crippen molar-refractivity contribution in [2.45, 2.75) is 6.54 Å². The first kappa shape index (κ1) is 21.6. The fourth-order valence-corrected chi connectivity index (χ4v) is 2.65. The van der Waals surface area contributed by atoms with Gasteiger partial charge in [-0.15, -0.1) is 0 Å². The average molecular weight is 425 g/mol. The van der Waals surface area contributed by atoms with Gasteiger partial charge in [0, 0.05) is 18.2 Å². The SMILES string of the molecule is CNC(=O)COc1ccc(C(=O)NCc2nc(-c3ccc(OC)cc3)n[nH]2)cc1OC. The van der Waals surface area contributed by atoms with E-state index in [0.717, 1.165) is 11.3 Å². The Labute approximate surface area is 178 Å². The van der Waals surface area contributed by atoms with Gasteiger partial charge >= 0.3 is 0 Å². The molecule has 3 aromatic rings. The summed E-state index contributed by atoms with van der Waals surface area (Å²) in [6, 6.07) is 12.0. The van der Waals surface area contributed by atoms with E-state index in [1.807, 2.05) is 24.3 Å². The maximum Gasteiger partial charge on any atom is 0.257 e. The number of aromatic amines is 1. The first-order valence-corrected chi connectivity index (χ1v) is 9.39. The van der Waals surface area contributed by atoms with Gasteiger partial charge in [-0.25, -0.2) is 4.98 Å². The number of H-pyrrole nitrogens is 1. The number of likely N-dealkylation sites (N-methyl/N-ethyl adjacent to an activating group) is 1. The number of aromatic nitrogens is 3. The number of ether oxygens (including phenoxy) is 3. The highest BCUT2D eigenvalue weighted by Crippen LogP contribution is 2.28. The quantitative estimate of drug-likeness (QED) is 0.474. The lowest BCUT2D eigenvalue weighted by Crippen LogP contribution is -2.25. The highest BCUT2D eigenvalue weighted by atomic mass is 16.5. The van der Waals surface area contributed by atoms with Crippen molar-refractivity contribution in [1.29, 1.82) is 0 Å². The van der Waals surface area contributed by atoms with E-state index in [2.05, 4.69) is 25.8 Å². The van der Waals surface area contributed by atoms with E-state index in [9.17, 15) is 9.59 Å². The first-order chi connectivity index (χ1) is 15.0. The Morgan fingerprint density at radius 3 is 2.48 bits per heavy atom. The topological polar surface area (TPSA) is 127 Å². The van der Waals surface area contributed by atoms with Crippen LogP contribution in [0.1, 0.15) is 16.2 Å². The monoisotopic (exact) mass is 425 g/mol. The molecule has 2 aromatic carbocycles. The summed E-state index contributed by atoms with van der Waals surface area (Å²) in [5.41, 5.74) is 1.20. The molecule has 3 rings (SSSR count). The number of rotatable bonds is 9. The Bertz CT molecular complexity index is 1050. The summed E-state index contributed by atoms with van der Waals surface area (Å²) in [6.07, 6.45) is 0. The summed E-state index contributed by atoms with van der Waals surface area (Å²) in [5, 5.41) is 12.2. The Morgan fingerprint density at radius 1 is 1.03 bits per heavy atom. The largest absolute Gasteiger partial charge is 0.497 e. The molecule has 10 heteroatoms. The van der Waals surface area contributed by atoms with E-state index in [1.165, 1.54) is 20.2 Å². The summed E-state index contributed by atoms with van der Waals surface area (Å²) in [4.78, 5) is 28.2. The van der Waals surface area contributed by atoms with Gasteiger partial charge < -0.3 is 24.8 Å².